The van der Waals surface area contributed by atoms with Gasteiger partial charge >= 0.3 is 0 Å². The number of aliphatic hydroxyl groups is 1. The van der Waals surface area contributed by atoms with Crippen LogP contribution in [0.5, 0.6) is 0 Å². The molecule has 3 N–H and O–H groups in total. The number of benzene rings is 1. The number of halogens is 3. The van der Waals surface area contributed by atoms with Gasteiger partial charge in [-0.25, -0.2) is 0 Å². The van der Waals surface area contributed by atoms with Crippen LogP contribution in [-0.2, 0) is 0 Å². The minimum Gasteiger partial charge on any atom is -0.391 e. The molecule has 15 heavy (non-hydrogen) atoms. The SMILES string of the molecule is CC[C@@H](O)[C@@H](N)c1ccc(Cl)cc1Br.Cl. The highest BCUT2D eigenvalue weighted by atomic mass is 79.9. The Morgan fingerprint density at radius 3 is 2.60 bits per heavy atom. The smallest absolute Gasteiger partial charge is 0.0730 e. The Hall–Kier alpha value is 0.200. The van der Waals surface area contributed by atoms with Crippen molar-refractivity contribution in [2.24, 2.45) is 5.73 Å². The zero-order valence-electron chi connectivity index (χ0n) is 8.28. The first-order valence-corrected chi connectivity index (χ1v) is 5.62. The first kappa shape index (κ1) is 15.2. The van der Waals surface area contributed by atoms with Gasteiger partial charge in [-0.05, 0) is 24.1 Å². The molecule has 0 aliphatic rings. The van der Waals surface area contributed by atoms with Gasteiger partial charge in [-0.1, -0.05) is 40.5 Å². The second-order valence-electron chi connectivity index (χ2n) is 3.17. The minimum absolute atomic E-state index is 0. The summed E-state index contributed by atoms with van der Waals surface area (Å²) >= 11 is 9.17. The number of nitrogens with two attached hydrogens (primary N) is 1. The molecule has 0 aliphatic carbocycles. The molecule has 0 radical (unpaired) electrons. The normalized spacial score (nSPS) is 14.2. The summed E-state index contributed by atoms with van der Waals surface area (Å²) in [4.78, 5) is 0. The lowest BCUT2D eigenvalue weighted by atomic mass is 10.0. The summed E-state index contributed by atoms with van der Waals surface area (Å²) in [5.74, 6) is 0. The van der Waals surface area contributed by atoms with Gasteiger partial charge in [0.2, 0.25) is 0 Å². The van der Waals surface area contributed by atoms with Gasteiger partial charge in [0.25, 0.3) is 0 Å². The number of aliphatic hydroxyl groups excluding tert-OH is 1. The molecule has 1 rings (SSSR count). The molecule has 0 saturated carbocycles. The predicted octanol–water partition coefficient (Wildman–Crippen LogP) is 3.30. The molecule has 0 fully saturated rings. The summed E-state index contributed by atoms with van der Waals surface area (Å²) in [5, 5.41) is 10.2. The maximum Gasteiger partial charge on any atom is 0.0730 e. The van der Waals surface area contributed by atoms with E-state index in [9.17, 15) is 5.11 Å². The third-order valence-electron chi connectivity index (χ3n) is 2.15. The van der Waals surface area contributed by atoms with Gasteiger partial charge < -0.3 is 10.8 Å². The molecule has 0 amide bonds. The van der Waals surface area contributed by atoms with Gasteiger partial charge in [0.1, 0.15) is 0 Å². The van der Waals surface area contributed by atoms with Crippen LogP contribution in [0.2, 0.25) is 5.02 Å². The van der Waals surface area contributed by atoms with Crippen LogP contribution in [-0.4, -0.2) is 11.2 Å². The number of rotatable bonds is 3. The Balaban J connectivity index is 0.00000196. The fourth-order valence-electron chi connectivity index (χ4n) is 1.23. The standard InChI is InChI=1S/C10H13BrClNO.ClH/c1-2-9(14)10(13)7-4-3-6(12)5-8(7)11;/h3-5,9-10,14H,2,13H2,1H3;1H/t9-,10+;/m1./s1. The number of hydrogen-bond acceptors (Lipinski definition) is 2. The maximum atomic E-state index is 9.59. The van der Waals surface area contributed by atoms with E-state index in [0.29, 0.717) is 11.4 Å². The van der Waals surface area contributed by atoms with Crippen LogP contribution in [0.15, 0.2) is 22.7 Å². The summed E-state index contributed by atoms with van der Waals surface area (Å²) in [5.41, 5.74) is 6.76. The third kappa shape index (κ3) is 3.93. The van der Waals surface area contributed by atoms with Gasteiger partial charge in [0, 0.05) is 9.50 Å². The average molecular weight is 315 g/mol. The summed E-state index contributed by atoms with van der Waals surface area (Å²) < 4.78 is 0.838. The molecule has 1 aromatic carbocycles. The summed E-state index contributed by atoms with van der Waals surface area (Å²) in [6.07, 6.45) is 0.114. The van der Waals surface area contributed by atoms with Crippen molar-refractivity contribution in [1.82, 2.24) is 0 Å². The van der Waals surface area contributed by atoms with Crippen molar-refractivity contribution in [1.29, 1.82) is 0 Å². The quantitative estimate of drug-likeness (QED) is 0.899. The second-order valence-corrected chi connectivity index (χ2v) is 4.46. The monoisotopic (exact) mass is 313 g/mol. The topological polar surface area (TPSA) is 46.2 Å². The molecule has 86 valence electrons. The molecule has 2 nitrogen and oxygen atoms in total. The summed E-state index contributed by atoms with van der Waals surface area (Å²) in [6.45, 7) is 1.90. The van der Waals surface area contributed by atoms with E-state index in [0.717, 1.165) is 10.0 Å². The Kier molecular flexibility index (Phi) is 6.80. The first-order valence-electron chi connectivity index (χ1n) is 4.44. The van der Waals surface area contributed by atoms with E-state index in [1.165, 1.54) is 0 Å². The van der Waals surface area contributed by atoms with Crippen LogP contribution in [0.1, 0.15) is 24.9 Å². The van der Waals surface area contributed by atoms with Crippen LogP contribution < -0.4 is 5.73 Å². The molecule has 0 aliphatic heterocycles. The molecule has 2 atom stereocenters. The third-order valence-corrected chi connectivity index (χ3v) is 3.08. The average Bonchev–Trinajstić information content (AvgIpc) is 2.15. The zero-order chi connectivity index (χ0) is 10.7. The molecule has 0 spiro atoms. The van der Waals surface area contributed by atoms with E-state index < -0.39 is 6.10 Å². The van der Waals surface area contributed by atoms with Crippen molar-refractivity contribution in [3.8, 4) is 0 Å². The van der Waals surface area contributed by atoms with Crippen LogP contribution in [0, 0.1) is 0 Å². The van der Waals surface area contributed by atoms with Gasteiger partial charge in [-0.15, -0.1) is 12.4 Å². The van der Waals surface area contributed by atoms with E-state index in [1.54, 1.807) is 12.1 Å². The predicted molar refractivity (Wildman–Crippen MR) is 69.6 cm³/mol. The summed E-state index contributed by atoms with van der Waals surface area (Å²) in [6, 6.07) is 5.01. The maximum absolute atomic E-state index is 9.59. The van der Waals surface area contributed by atoms with E-state index in [2.05, 4.69) is 15.9 Å². The summed E-state index contributed by atoms with van der Waals surface area (Å²) in [7, 11) is 0. The Morgan fingerprint density at radius 1 is 1.53 bits per heavy atom. The molecule has 0 heterocycles. The van der Waals surface area contributed by atoms with E-state index in [1.807, 2.05) is 13.0 Å². The Labute approximate surface area is 109 Å². The van der Waals surface area contributed by atoms with E-state index >= 15 is 0 Å². The van der Waals surface area contributed by atoms with Gasteiger partial charge in [0.05, 0.1) is 12.1 Å². The van der Waals surface area contributed by atoms with Gasteiger partial charge in [0.15, 0.2) is 0 Å². The molecular formula is C10H14BrCl2NO. The van der Waals surface area contributed by atoms with Crippen molar-refractivity contribution in [3.63, 3.8) is 0 Å². The molecule has 0 unspecified atom stereocenters. The van der Waals surface area contributed by atoms with Crippen molar-refractivity contribution in [2.75, 3.05) is 0 Å². The van der Waals surface area contributed by atoms with Crippen LogP contribution in [0.4, 0.5) is 0 Å². The lowest BCUT2D eigenvalue weighted by molar-refractivity contribution is 0.140. The lowest BCUT2D eigenvalue weighted by Gasteiger charge is -2.18. The largest absolute Gasteiger partial charge is 0.391 e. The second kappa shape index (κ2) is 6.71. The zero-order valence-corrected chi connectivity index (χ0v) is 11.4. The van der Waals surface area contributed by atoms with Crippen LogP contribution in [0.25, 0.3) is 0 Å². The van der Waals surface area contributed by atoms with Crippen molar-refractivity contribution in [2.45, 2.75) is 25.5 Å². The highest BCUT2D eigenvalue weighted by molar-refractivity contribution is 9.10. The molecule has 5 heteroatoms. The van der Waals surface area contributed by atoms with Crippen molar-refractivity contribution >= 4 is 39.9 Å². The van der Waals surface area contributed by atoms with E-state index in [4.69, 9.17) is 17.3 Å². The van der Waals surface area contributed by atoms with Gasteiger partial charge in [-0.2, -0.15) is 0 Å². The Bertz CT molecular complexity index is 322. The van der Waals surface area contributed by atoms with E-state index in [-0.39, 0.29) is 18.4 Å². The number of hydrogen-bond donors (Lipinski definition) is 2. The highest BCUT2D eigenvalue weighted by Gasteiger charge is 2.17. The molecular weight excluding hydrogens is 301 g/mol. The van der Waals surface area contributed by atoms with Crippen LogP contribution >= 0.6 is 39.9 Å². The van der Waals surface area contributed by atoms with Gasteiger partial charge in [-0.3, -0.25) is 0 Å². The Morgan fingerprint density at radius 2 is 2.13 bits per heavy atom. The minimum atomic E-state index is -0.521. The molecule has 0 saturated heterocycles. The van der Waals surface area contributed by atoms with Crippen LogP contribution in [0.3, 0.4) is 0 Å². The highest BCUT2D eigenvalue weighted by Crippen LogP contribution is 2.27. The molecule has 0 aromatic heterocycles. The fourth-order valence-corrected chi connectivity index (χ4v) is 2.18. The van der Waals surface area contributed by atoms with Crippen molar-refractivity contribution < 1.29 is 5.11 Å². The first-order chi connectivity index (χ1) is 6.56. The molecule has 1 aromatic rings. The van der Waals surface area contributed by atoms with Crippen molar-refractivity contribution in [3.05, 3.63) is 33.3 Å². The molecule has 0 bridgehead atoms. The lowest BCUT2D eigenvalue weighted by Crippen LogP contribution is -2.25. The fraction of sp³-hybridized carbons (Fsp3) is 0.400.